The Kier molecular flexibility index (Phi) is 7.86. The first-order chi connectivity index (χ1) is 16.1. The van der Waals surface area contributed by atoms with E-state index >= 15 is 0 Å². The largest absolute Gasteiger partial charge is 0.417 e. The lowest BCUT2D eigenvalue weighted by Crippen LogP contribution is -2.36. The van der Waals surface area contributed by atoms with Crippen LogP contribution in [0.4, 0.5) is 24.7 Å². The number of alkyl halides is 3. The van der Waals surface area contributed by atoms with Crippen LogP contribution in [0.2, 0.25) is 0 Å². The van der Waals surface area contributed by atoms with Gasteiger partial charge in [0.25, 0.3) is 0 Å². The minimum Gasteiger partial charge on any atom is -0.378 e. The predicted octanol–water partition coefficient (Wildman–Crippen LogP) is 5.54. The standard InChI is InChI=1S/C17H18F3N3O.C9H13N/c1-10-6-14(17(18,19)20)13(7-21)16(22-10)23-8-11-4-2-3-5-12(11)15(23)9-24;1-8-5-4-6-9(7-8)10(2)3/h6,9,11-12,15H,2-5,8H2,1H3;4-7H,1-3H3. The number of aromatic nitrogens is 1. The highest BCUT2D eigenvalue weighted by molar-refractivity contribution is 5.70. The molecule has 1 saturated carbocycles. The molecule has 1 aromatic carbocycles. The van der Waals surface area contributed by atoms with E-state index in [2.05, 4.69) is 55.2 Å². The van der Waals surface area contributed by atoms with E-state index in [0.29, 0.717) is 6.54 Å². The molecule has 0 bridgehead atoms. The third-order valence-electron chi connectivity index (χ3n) is 6.67. The van der Waals surface area contributed by atoms with Crippen molar-refractivity contribution in [3.63, 3.8) is 0 Å². The molecule has 1 aliphatic carbocycles. The van der Waals surface area contributed by atoms with E-state index in [4.69, 9.17) is 0 Å². The maximum Gasteiger partial charge on any atom is 0.417 e. The molecule has 2 fully saturated rings. The number of carbonyl (C=O) groups excluding carboxylic acids is 1. The molecule has 2 heterocycles. The topological polar surface area (TPSA) is 60.2 Å². The fourth-order valence-corrected chi connectivity index (χ4v) is 5.02. The number of pyridine rings is 1. The van der Waals surface area contributed by atoms with Gasteiger partial charge in [-0.3, -0.25) is 0 Å². The van der Waals surface area contributed by atoms with Crippen LogP contribution in [0.1, 0.15) is 48.1 Å². The molecule has 4 rings (SSSR count). The summed E-state index contributed by atoms with van der Waals surface area (Å²) >= 11 is 0. The Morgan fingerprint density at radius 1 is 1.18 bits per heavy atom. The number of aryl methyl sites for hydroxylation is 2. The average molecular weight is 473 g/mol. The fourth-order valence-electron chi connectivity index (χ4n) is 5.02. The summed E-state index contributed by atoms with van der Waals surface area (Å²) in [5, 5.41) is 9.33. The van der Waals surface area contributed by atoms with Crippen molar-refractivity contribution in [2.24, 2.45) is 11.8 Å². The van der Waals surface area contributed by atoms with Gasteiger partial charge in [-0.05, 0) is 62.3 Å². The van der Waals surface area contributed by atoms with Gasteiger partial charge >= 0.3 is 6.18 Å². The third-order valence-corrected chi connectivity index (χ3v) is 6.67. The highest BCUT2D eigenvalue weighted by Gasteiger charge is 2.45. The summed E-state index contributed by atoms with van der Waals surface area (Å²) in [6.45, 7) is 4.06. The molecule has 0 amide bonds. The number of aldehydes is 1. The second-order valence-corrected chi connectivity index (χ2v) is 9.34. The van der Waals surface area contributed by atoms with Gasteiger partial charge in [-0.1, -0.05) is 25.0 Å². The van der Waals surface area contributed by atoms with Crippen molar-refractivity contribution in [1.29, 1.82) is 5.26 Å². The lowest BCUT2D eigenvalue weighted by Gasteiger charge is -2.27. The zero-order valence-corrected chi connectivity index (χ0v) is 20.1. The summed E-state index contributed by atoms with van der Waals surface area (Å²) in [4.78, 5) is 19.6. The monoisotopic (exact) mass is 472 g/mol. The van der Waals surface area contributed by atoms with Crippen molar-refractivity contribution in [3.05, 3.63) is 52.7 Å². The number of hydrogen-bond acceptors (Lipinski definition) is 5. The Morgan fingerprint density at radius 2 is 1.88 bits per heavy atom. The summed E-state index contributed by atoms with van der Waals surface area (Å²) in [6.07, 6.45) is 0.126. The Balaban J connectivity index is 0.000000271. The fraction of sp³-hybridized carbons (Fsp3) is 0.500. The van der Waals surface area contributed by atoms with Crippen molar-refractivity contribution in [2.45, 2.75) is 51.7 Å². The Morgan fingerprint density at radius 3 is 2.44 bits per heavy atom. The summed E-state index contributed by atoms with van der Waals surface area (Å²) in [6, 6.07) is 10.5. The van der Waals surface area contributed by atoms with Crippen molar-refractivity contribution < 1.29 is 18.0 Å². The summed E-state index contributed by atoms with van der Waals surface area (Å²) in [5.41, 5.74) is 1.30. The van der Waals surface area contributed by atoms with Gasteiger partial charge in [-0.25, -0.2) is 4.98 Å². The molecular formula is C26H31F3N4O. The van der Waals surface area contributed by atoms with E-state index in [9.17, 15) is 23.2 Å². The second kappa shape index (κ2) is 10.5. The normalized spacial score (nSPS) is 21.7. The minimum atomic E-state index is -4.63. The number of benzene rings is 1. The molecule has 2 aromatic rings. The van der Waals surface area contributed by atoms with E-state index in [1.165, 1.54) is 18.2 Å². The van der Waals surface area contributed by atoms with Crippen molar-refractivity contribution in [3.8, 4) is 6.07 Å². The summed E-state index contributed by atoms with van der Waals surface area (Å²) < 4.78 is 39.9. The maximum absolute atomic E-state index is 13.3. The highest BCUT2D eigenvalue weighted by Crippen LogP contribution is 2.43. The molecular weight excluding hydrogens is 441 g/mol. The minimum absolute atomic E-state index is 0.00340. The van der Waals surface area contributed by atoms with Crippen LogP contribution in [-0.4, -0.2) is 38.0 Å². The number of nitriles is 1. The van der Waals surface area contributed by atoms with Crippen molar-refractivity contribution in [2.75, 3.05) is 30.4 Å². The zero-order valence-electron chi connectivity index (χ0n) is 20.1. The van der Waals surface area contributed by atoms with Crippen molar-refractivity contribution >= 4 is 17.8 Å². The first kappa shape index (κ1) is 25.5. The van der Waals surface area contributed by atoms with Gasteiger partial charge in [-0.2, -0.15) is 18.4 Å². The first-order valence-corrected chi connectivity index (χ1v) is 11.5. The molecule has 1 aliphatic heterocycles. The summed E-state index contributed by atoms with van der Waals surface area (Å²) in [7, 11) is 4.10. The van der Waals surface area contributed by atoms with Crippen LogP contribution in [0, 0.1) is 37.0 Å². The molecule has 0 radical (unpaired) electrons. The van der Waals surface area contributed by atoms with E-state index < -0.39 is 23.3 Å². The smallest absolute Gasteiger partial charge is 0.378 e. The number of fused-ring (bicyclic) bond motifs is 1. The molecule has 8 heteroatoms. The molecule has 1 saturated heterocycles. The lowest BCUT2D eigenvalue weighted by molar-refractivity contribution is -0.137. The van der Waals surface area contributed by atoms with E-state index in [1.54, 1.807) is 11.0 Å². The average Bonchev–Trinajstić information content (AvgIpc) is 3.17. The molecule has 34 heavy (non-hydrogen) atoms. The Bertz CT molecular complexity index is 1060. The molecule has 0 spiro atoms. The number of hydrogen-bond donors (Lipinski definition) is 0. The van der Waals surface area contributed by atoms with Crippen molar-refractivity contribution in [1.82, 2.24) is 4.98 Å². The van der Waals surface area contributed by atoms with E-state index in [0.717, 1.165) is 38.0 Å². The molecule has 5 nitrogen and oxygen atoms in total. The molecule has 1 aromatic heterocycles. The highest BCUT2D eigenvalue weighted by atomic mass is 19.4. The van der Waals surface area contributed by atoms with Gasteiger partial charge in [-0.15, -0.1) is 0 Å². The van der Waals surface area contributed by atoms with Gasteiger partial charge in [0, 0.05) is 32.0 Å². The molecule has 3 unspecified atom stereocenters. The van der Waals surface area contributed by atoms with Crippen LogP contribution in [0.5, 0.6) is 0 Å². The quantitative estimate of drug-likeness (QED) is 0.550. The van der Waals surface area contributed by atoms with Crippen LogP contribution in [0.3, 0.4) is 0 Å². The Labute approximate surface area is 199 Å². The summed E-state index contributed by atoms with van der Waals surface area (Å²) in [5.74, 6) is 0.410. The Hall–Kier alpha value is -3.08. The van der Waals surface area contributed by atoms with Crippen LogP contribution in [0.25, 0.3) is 0 Å². The predicted molar refractivity (Wildman–Crippen MR) is 127 cm³/mol. The van der Waals surface area contributed by atoms with Gasteiger partial charge in [0.1, 0.15) is 23.7 Å². The van der Waals surface area contributed by atoms with Gasteiger partial charge in [0.05, 0.1) is 11.6 Å². The van der Waals surface area contributed by atoms with E-state index in [1.807, 2.05) is 0 Å². The van der Waals surface area contributed by atoms with E-state index in [-0.39, 0.29) is 23.3 Å². The maximum atomic E-state index is 13.3. The lowest BCUT2D eigenvalue weighted by atomic mass is 9.79. The molecule has 3 atom stereocenters. The zero-order chi connectivity index (χ0) is 25.0. The van der Waals surface area contributed by atoms with Crippen LogP contribution < -0.4 is 9.80 Å². The molecule has 0 N–H and O–H groups in total. The third kappa shape index (κ3) is 5.52. The SMILES string of the molecule is Cc1cc(C(F)(F)F)c(C#N)c(N2CC3CCCCC3C2C=O)n1.Cc1cccc(N(C)C)c1. The number of nitrogens with zero attached hydrogens (tertiary/aromatic N) is 4. The van der Waals surface area contributed by atoms with Crippen LogP contribution in [-0.2, 0) is 11.0 Å². The first-order valence-electron chi connectivity index (χ1n) is 11.5. The van der Waals surface area contributed by atoms with Gasteiger partial charge in [0.2, 0.25) is 0 Å². The second-order valence-electron chi connectivity index (χ2n) is 9.34. The molecule has 2 aliphatic rings. The van der Waals surface area contributed by atoms with Crippen LogP contribution in [0.15, 0.2) is 30.3 Å². The van der Waals surface area contributed by atoms with Crippen LogP contribution >= 0.6 is 0 Å². The number of halogens is 3. The number of rotatable bonds is 3. The number of anilines is 2. The molecule has 182 valence electrons. The number of carbonyl (C=O) groups is 1. The van der Waals surface area contributed by atoms with Gasteiger partial charge < -0.3 is 14.6 Å². The van der Waals surface area contributed by atoms with Gasteiger partial charge in [0.15, 0.2) is 0 Å².